The molecule has 0 aliphatic carbocycles. The molecule has 0 bridgehead atoms. The molecular formula is C23H14N2. The summed E-state index contributed by atoms with van der Waals surface area (Å²) in [6.07, 6.45) is 3.60. The van der Waals surface area contributed by atoms with E-state index in [0.29, 0.717) is 0 Å². The molecule has 0 spiro atoms. The maximum atomic E-state index is 4.58. The maximum absolute atomic E-state index is 4.58. The second-order valence-corrected chi connectivity index (χ2v) is 5.64. The summed E-state index contributed by atoms with van der Waals surface area (Å²) in [5.74, 6) is 12.3. The quantitative estimate of drug-likeness (QED) is 0.351. The first kappa shape index (κ1) is 14.9. The maximum Gasteiger partial charge on any atom is 0.0965 e. The lowest BCUT2D eigenvalue weighted by atomic mass is 10.1. The zero-order valence-corrected chi connectivity index (χ0v) is 13.7. The minimum Gasteiger partial charge on any atom is -0.254 e. The predicted octanol–water partition coefficient (Wildman–Crippen LogP) is 4.55. The first-order valence-electron chi connectivity index (χ1n) is 8.02. The van der Waals surface area contributed by atoms with Crippen LogP contribution < -0.4 is 0 Å². The van der Waals surface area contributed by atoms with E-state index in [-0.39, 0.29) is 0 Å². The molecule has 2 aromatic heterocycles. The van der Waals surface area contributed by atoms with Crippen LogP contribution in [0.3, 0.4) is 0 Å². The molecule has 0 unspecified atom stereocenters. The van der Waals surface area contributed by atoms with Crippen LogP contribution in [-0.2, 0) is 0 Å². The van der Waals surface area contributed by atoms with Crippen molar-refractivity contribution >= 4 is 21.8 Å². The van der Waals surface area contributed by atoms with Crippen molar-refractivity contribution in [3.63, 3.8) is 0 Å². The van der Waals surface area contributed by atoms with Gasteiger partial charge in [-0.2, -0.15) is 0 Å². The molecule has 0 N–H and O–H groups in total. The van der Waals surface area contributed by atoms with Gasteiger partial charge in [0.05, 0.1) is 11.0 Å². The molecule has 25 heavy (non-hydrogen) atoms. The van der Waals surface area contributed by atoms with Gasteiger partial charge < -0.3 is 0 Å². The summed E-state index contributed by atoms with van der Waals surface area (Å²) in [4.78, 5) is 9.02. The SMILES string of the molecule is CC#Cc1ccc(C#Cc2cnc3c(ccc4cccnc43)c2)cc1. The summed E-state index contributed by atoms with van der Waals surface area (Å²) >= 11 is 0. The minimum atomic E-state index is 0.889. The van der Waals surface area contributed by atoms with Gasteiger partial charge in [-0.1, -0.05) is 36.0 Å². The Kier molecular flexibility index (Phi) is 3.87. The van der Waals surface area contributed by atoms with Gasteiger partial charge in [0.15, 0.2) is 0 Å². The van der Waals surface area contributed by atoms with Crippen LogP contribution >= 0.6 is 0 Å². The number of benzene rings is 2. The lowest BCUT2D eigenvalue weighted by Gasteiger charge is -2.02. The fourth-order valence-corrected chi connectivity index (χ4v) is 2.73. The van der Waals surface area contributed by atoms with E-state index >= 15 is 0 Å². The van der Waals surface area contributed by atoms with Gasteiger partial charge in [-0.05, 0) is 43.3 Å². The van der Waals surface area contributed by atoms with E-state index in [1.165, 1.54) is 0 Å². The van der Waals surface area contributed by atoms with Gasteiger partial charge in [0, 0.05) is 39.9 Å². The van der Waals surface area contributed by atoms with Crippen molar-refractivity contribution in [3.05, 3.63) is 83.7 Å². The molecule has 4 aromatic rings. The Balaban J connectivity index is 1.70. The second-order valence-electron chi connectivity index (χ2n) is 5.64. The van der Waals surface area contributed by atoms with Crippen LogP contribution in [0, 0.1) is 23.7 Å². The van der Waals surface area contributed by atoms with Gasteiger partial charge in [-0.3, -0.25) is 9.97 Å². The van der Waals surface area contributed by atoms with Gasteiger partial charge in [-0.25, -0.2) is 0 Å². The highest BCUT2D eigenvalue weighted by Gasteiger charge is 2.03. The monoisotopic (exact) mass is 318 g/mol. The highest BCUT2D eigenvalue weighted by atomic mass is 14.7. The third kappa shape index (κ3) is 3.07. The molecule has 0 fully saturated rings. The standard InChI is InChI=1S/C23H14N2/c1-2-4-17-6-8-18(9-7-17)10-11-19-15-21-13-12-20-5-3-14-24-22(20)23(21)25-16-19/h3,5-9,12-16H,1H3. The van der Waals surface area contributed by atoms with E-state index in [1.807, 2.05) is 43.3 Å². The normalized spacial score (nSPS) is 9.96. The summed E-state index contributed by atoms with van der Waals surface area (Å²) in [5.41, 5.74) is 4.68. The molecule has 2 heteroatoms. The largest absolute Gasteiger partial charge is 0.254 e. The van der Waals surface area contributed by atoms with Crippen molar-refractivity contribution in [2.45, 2.75) is 6.92 Å². The smallest absolute Gasteiger partial charge is 0.0965 e. The van der Waals surface area contributed by atoms with E-state index in [1.54, 1.807) is 12.4 Å². The van der Waals surface area contributed by atoms with E-state index < -0.39 is 0 Å². The Hall–Kier alpha value is -3.62. The highest BCUT2D eigenvalue weighted by molar-refractivity contribution is 6.02. The van der Waals surface area contributed by atoms with Gasteiger partial charge in [-0.15, -0.1) is 5.92 Å². The van der Waals surface area contributed by atoms with Crippen molar-refractivity contribution in [3.8, 4) is 23.7 Å². The van der Waals surface area contributed by atoms with Gasteiger partial charge in [0.1, 0.15) is 0 Å². The van der Waals surface area contributed by atoms with Crippen LogP contribution in [0.5, 0.6) is 0 Å². The molecule has 0 radical (unpaired) electrons. The first-order chi connectivity index (χ1) is 12.3. The molecule has 0 aliphatic rings. The number of pyridine rings is 2. The lowest BCUT2D eigenvalue weighted by Crippen LogP contribution is -1.86. The fraction of sp³-hybridized carbons (Fsp3) is 0.0435. The number of aromatic nitrogens is 2. The molecule has 116 valence electrons. The Morgan fingerprint density at radius 3 is 2.16 bits per heavy atom. The number of fused-ring (bicyclic) bond motifs is 3. The molecule has 0 atom stereocenters. The molecule has 4 rings (SSSR count). The van der Waals surface area contributed by atoms with Crippen molar-refractivity contribution in [1.82, 2.24) is 9.97 Å². The topological polar surface area (TPSA) is 25.8 Å². The number of hydrogen-bond donors (Lipinski definition) is 0. The molecule has 2 aromatic carbocycles. The molecule has 0 aliphatic heterocycles. The molecule has 2 heterocycles. The summed E-state index contributed by atoms with van der Waals surface area (Å²) in [7, 11) is 0. The minimum absolute atomic E-state index is 0.889. The van der Waals surface area contributed by atoms with E-state index in [0.717, 1.165) is 38.5 Å². The second kappa shape index (κ2) is 6.48. The van der Waals surface area contributed by atoms with E-state index in [4.69, 9.17) is 0 Å². The third-order valence-electron chi connectivity index (χ3n) is 3.93. The Labute approximate surface area is 146 Å². The van der Waals surface area contributed by atoms with Crippen molar-refractivity contribution < 1.29 is 0 Å². The summed E-state index contributed by atoms with van der Waals surface area (Å²) in [6.45, 7) is 1.83. The molecule has 2 nitrogen and oxygen atoms in total. The number of nitrogens with zero attached hydrogens (tertiary/aromatic N) is 2. The average molecular weight is 318 g/mol. The van der Waals surface area contributed by atoms with Crippen LogP contribution in [-0.4, -0.2) is 9.97 Å². The summed E-state index contributed by atoms with van der Waals surface area (Å²) in [6, 6.07) is 18.1. The molecule has 0 saturated heterocycles. The van der Waals surface area contributed by atoms with Gasteiger partial charge in [0.25, 0.3) is 0 Å². The van der Waals surface area contributed by atoms with Gasteiger partial charge in [0.2, 0.25) is 0 Å². The fourth-order valence-electron chi connectivity index (χ4n) is 2.73. The number of rotatable bonds is 0. The van der Waals surface area contributed by atoms with Gasteiger partial charge >= 0.3 is 0 Å². The van der Waals surface area contributed by atoms with Crippen molar-refractivity contribution in [1.29, 1.82) is 0 Å². The Morgan fingerprint density at radius 1 is 0.680 bits per heavy atom. The summed E-state index contributed by atoms with van der Waals surface area (Å²) in [5, 5.41) is 2.14. The zero-order valence-electron chi connectivity index (χ0n) is 13.7. The number of hydrogen-bond acceptors (Lipinski definition) is 2. The zero-order chi connectivity index (χ0) is 17.1. The Morgan fingerprint density at radius 2 is 1.36 bits per heavy atom. The van der Waals surface area contributed by atoms with E-state index in [2.05, 4.69) is 51.8 Å². The molecule has 0 saturated carbocycles. The first-order valence-corrected chi connectivity index (χ1v) is 8.02. The van der Waals surface area contributed by atoms with E-state index in [9.17, 15) is 0 Å². The average Bonchev–Trinajstić information content (AvgIpc) is 2.67. The third-order valence-corrected chi connectivity index (χ3v) is 3.93. The predicted molar refractivity (Wildman–Crippen MR) is 102 cm³/mol. The van der Waals surface area contributed by atoms with Crippen LogP contribution in [0.1, 0.15) is 23.6 Å². The summed E-state index contributed by atoms with van der Waals surface area (Å²) < 4.78 is 0. The molecule has 0 amide bonds. The van der Waals surface area contributed by atoms with Crippen LogP contribution in [0.25, 0.3) is 21.8 Å². The van der Waals surface area contributed by atoms with Crippen LogP contribution in [0.15, 0.2) is 67.0 Å². The van der Waals surface area contributed by atoms with Crippen molar-refractivity contribution in [2.75, 3.05) is 0 Å². The van der Waals surface area contributed by atoms with Crippen molar-refractivity contribution in [2.24, 2.45) is 0 Å². The highest BCUT2D eigenvalue weighted by Crippen LogP contribution is 2.22. The lowest BCUT2D eigenvalue weighted by molar-refractivity contribution is 1.36. The van der Waals surface area contributed by atoms with Crippen LogP contribution in [0.4, 0.5) is 0 Å². The Bertz CT molecular complexity index is 1200. The molecular weight excluding hydrogens is 304 g/mol. The van der Waals surface area contributed by atoms with Crippen LogP contribution in [0.2, 0.25) is 0 Å².